The first-order chi connectivity index (χ1) is 13.2. The molecule has 0 aromatic heterocycles. The molecule has 4 rings (SSSR count). The number of nitrogens with two attached hydrogens (primary N) is 1. The number of rotatable bonds is 4. The molecular weight excluding hydrogens is 356 g/mol. The van der Waals surface area contributed by atoms with Gasteiger partial charge in [0.15, 0.2) is 0 Å². The Labute approximate surface area is 165 Å². The number of phenols is 1. The van der Waals surface area contributed by atoms with E-state index < -0.39 is 16.9 Å². The third kappa shape index (κ3) is 2.47. The summed E-state index contributed by atoms with van der Waals surface area (Å²) in [5.74, 6) is -0.736. The van der Waals surface area contributed by atoms with Crippen molar-refractivity contribution in [1.82, 2.24) is 4.90 Å². The number of fused-ring (bicyclic) bond motifs is 1. The van der Waals surface area contributed by atoms with Gasteiger partial charge >= 0.3 is 0 Å². The van der Waals surface area contributed by atoms with Crippen molar-refractivity contribution in [2.75, 3.05) is 6.54 Å². The average Bonchev–Trinajstić information content (AvgIpc) is 2.62. The van der Waals surface area contributed by atoms with E-state index in [1.165, 1.54) is 0 Å². The zero-order valence-electron chi connectivity index (χ0n) is 16.7. The molecule has 0 unspecified atom stereocenters. The lowest BCUT2D eigenvalue weighted by Crippen LogP contribution is -2.74. The number of hydrogen-bond acceptors (Lipinski definition) is 5. The summed E-state index contributed by atoms with van der Waals surface area (Å²) in [5, 5.41) is 23.0. The molecule has 2 bridgehead atoms. The zero-order chi connectivity index (χ0) is 20.3. The first-order valence-electron chi connectivity index (χ1n) is 10.4. The quantitative estimate of drug-likeness (QED) is 0.735. The Morgan fingerprint density at radius 2 is 2.14 bits per heavy atom. The number of carbonyl (C=O) groups excluding carboxylic acids is 2. The third-order valence-electron chi connectivity index (χ3n) is 7.56. The smallest absolute Gasteiger partial charge is 0.252 e. The molecule has 6 nitrogen and oxygen atoms in total. The molecule has 4 N–H and O–H groups in total. The highest BCUT2D eigenvalue weighted by molar-refractivity contribution is 5.96. The second-order valence-electron chi connectivity index (χ2n) is 8.93. The Morgan fingerprint density at radius 1 is 1.39 bits per heavy atom. The summed E-state index contributed by atoms with van der Waals surface area (Å²) in [6, 6.07) is 3.66. The molecule has 1 heterocycles. The number of aliphatic hydroxyl groups is 1. The van der Waals surface area contributed by atoms with Gasteiger partial charge in [0.1, 0.15) is 11.5 Å². The molecule has 3 aliphatic rings. The molecule has 1 aliphatic heterocycles. The van der Waals surface area contributed by atoms with Crippen molar-refractivity contribution < 1.29 is 19.8 Å². The summed E-state index contributed by atoms with van der Waals surface area (Å²) >= 11 is 0. The largest absolute Gasteiger partial charge is 0.507 e. The van der Waals surface area contributed by atoms with Crippen LogP contribution in [0.15, 0.2) is 12.1 Å². The molecule has 1 aromatic rings. The summed E-state index contributed by atoms with van der Waals surface area (Å²) in [7, 11) is 0. The van der Waals surface area contributed by atoms with Crippen molar-refractivity contribution in [3.63, 3.8) is 0 Å². The van der Waals surface area contributed by atoms with E-state index in [0.717, 1.165) is 24.9 Å². The summed E-state index contributed by atoms with van der Waals surface area (Å²) < 4.78 is 0. The van der Waals surface area contributed by atoms with Crippen molar-refractivity contribution in [1.29, 1.82) is 0 Å². The molecule has 152 valence electrons. The van der Waals surface area contributed by atoms with E-state index in [0.29, 0.717) is 37.3 Å². The van der Waals surface area contributed by atoms with Gasteiger partial charge in [-0.05, 0) is 50.8 Å². The maximum atomic E-state index is 12.5. The molecule has 4 atom stereocenters. The monoisotopic (exact) mass is 386 g/mol. The fraction of sp³-hybridized carbons (Fsp3) is 0.636. The highest BCUT2D eigenvalue weighted by Gasteiger charge is 2.65. The van der Waals surface area contributed by atoms with Crippen LogP contribution in [-0.2, 0) is 16.6 Å². The van der Waals surface area contributed by atoms with E-state index in [-0.39, 0.29) is 29.6 Å². The van der Waals surface area contributed by atoms with Gasteiger partial charge in [0.25, 0.3) is 5.91 Å². The van der Waals surface area contributed by atoms with Crippen LogP contribution in [0.2, 0.25) is 0 Å². The van der Waals surface area contributed by atoms with Gasteiger partial charge in [0.05, 0.1) is 11.2 Å². The van der Waals surface area contributed by atoms with Crippen LogP contribution in [0.3, 0.4) is 0 Å². The molecule has 0 radical (unpaired) electrons. The first-order valence-corrected chi connectivity index (χ1v) is 10.4. The van der Waals surface area contributed by atoms with Crippen molar-refractivity contribution in [3.8, 4) is 5.75 Å². The van der Waals surface area contributed by atoms with Crippen LogP contribution >= 0.6 is 0 Å². The normalized spacial score (nSPS) is 33.1. The molecule has 1 aromatic carbocycles. The Bertz CT molecular complexity index is 838. The number of likely N-dealkylation sites (tertiary alicyclic amines) is 1. The second-order valence-corrected chi connectivity index (χ2v) is 8.93. The number of piperidine rings is 1. The zero-order valence-corrected chi connectivity index (χ0v) is 16.7. The summed E-state index contributed by atoms with van der Waals surface area (Å²) in [6.07, 6.45) is 4.27. The number of benzene rings is 1. The Kier molecular flexibility index (Phi) is 4.55. The van der Waals surface area contributed by atoms with Gasteiger partial charge in [0.2, 0.25) is 0 Å². The Morgan fingerprint density at radius 3 is 2.82 bits per heavy atom. The van der Waals surface area contributed by atoms with Crippen LogP contribution in [0.4, 0.5) is 0 Å². The maximum Gasteiger partial charge on any atom is 0.252 e. The molecule has 28 heavy (non-hydrogen) atoms. The molecule has 2 aliphatic carbocycles. The van der Waals surface area contributed by atoms with Gasteiger partial charge in [0, 0.05) is 35.9 Å². The predicted octanol–water partition coefficient (Wildman–Crippen LogP) is 2.03. The standard InChI is InChI=1S/C22H30N2O4/c1-3-4-13(2)24-10-9-21-12-15(25)7-8-22(21,28)17(24)11-14-5-6-16(20(23)27)19(26)18(14)21/h5-6,13,17,26,28H,3-4,7-12H2,1-2H3,(H2,23,27)/t13-,17+,21+,22+/m0/s1. The first kappa shape index (κ1) is 19.4. The van der Waals surface area contributed by atoms with Crippen molar-refractivity contribution in [2.45, 2.75) is 81.9 Å². The van der Waals surface area contributed by atoms with Crippen LogP contribution < -0.4 is 5.73 Å². The molecular formula is C22H30N2O4. The predicted molar refractivity (Wildman–Crippen MR) is 105 cm³/mol. The van der Waals surface area contributed by atoms with Gasteiger partial charge in [-0.1, -0.05) is 19.4 Å². The minimum absolute atomic E-state index is 0.0636. The average molecular weight is 386 g/mol. The molecule has 0 spiro atoms. The third-order valence-corrected chi connectivity index (χ3v) is 7.56. The van der Waals surface area contributed by atoms with Gasteiger partial charge < -0.3 is 15.9 Å². The van der Waals surface area contributed by atoms with Crippen molar-refractivity contribution in [3.05, 3.63) is 28.8 Å². The van der Waals surface area contributed by atoms with E-state index >= 15 is 0 Å². The van der Waals surface area contributed by atoms with Crippen LogP contribution in [0.1, 0.15) is 73.9 Å². The number of primary amides is 1. The number of aromatic hydroxyl groups is 1. The summed E-state index contributed by atoms with van der Waals surface area (Å²) in [5.41, 5.74) is 5.08. The van der Waals surface area contributed by atoms with Gasteiger partial charge in [-0.2, -0.15) is 0 Å². The number of Topliss-reactive ketones (excluding diaryl/α,β-unsaturated/α-hetero) is 1. The van der Waals surface area contributed by atoms with Gasteiger partial charge in [-0.3, -0.25) is 14.5 Å². The van der Waals surface area contributed by atoms with Crippen LogP contribution in [0, 0.1) is 0 Å². The minimum atomic E-state index is -1.10. The van der Waals surface area contributed by atoms with E-state index in [4.69, 9.17) is 5.73 Å². The summed E-state index contributed by atoms with van der Waals surface area (Å²) in [6.45, 7) is 5.14. The fourth-order valence-corrected chi connectivity index (χ4v) is 6.26. The van der Waals surface area contributed by atoms with Crippen molar-refractivity contribution >= 4 is 11.7 Å². The fourth-order valence-electron chi connectivity index (χ4n) is 6.26. The maximum absolute atomic E-state index is 12.5. The molecule has 1 amide bonds. The lowest BCUT2D eigenvalue weighted by atomic mass is 9.49. The van der Waals surface area contributed by atoms with Gasteiger partial charge in [-0.25, -0.2) is 0 Å². The lowest BCUT2D eigenvalue weighted by Gasteiger charge is -2.64. The van der Waals surface area contributed by atoms with Crippen LogP contribution in [0.25, 0.3) is 0 Å². The number of nitrogens with zero attached hydrogens (tertiary/aromatic N) is 1. The van der Waals surface area contributed by atoms with E-state index in [9.17, 15) is 19.8 Å². The molecule has 1 saturated carbocycles. The lowest BCUT2D eigenvalue weighted by molar-refractivity contribution is -0.178. The topological polar surface area (TPSA) is 104 Å². The Balaban J connectivity index is 1.92. The molecule has 6 heteroatoms. The van der Waals surface area contributed by atoms with Crippen LogP contribution in [0.5, 0.6) is 5.75 Å². The second kappa shape index (κ2) is 6.56. The van der Waals surface area contributed by atoms with Crippen LogP contribution in [-0.4, -0.2) is 51.0 Å². The van der Waals surface area contributed by atoms with E-state index in [1.54, 1.807) is 6.07 Å². The van der Waals surface area contributed by atoms with Gasteiger partial charge in [-0.15, -0.1) is 0 Å². The molecule has 1 saturated heterocycles. The SMILES string of the molecule is CCC[C@H](C)N1CC[C@]23CC(=O)CC[C@@]2(O)[C@H]1Cc1ccc(C(N)=O)c(O)c13. The summed E-state index contributed by atoms with van der Waals surface area (Å²) in [4.78, 5) is 26.7. The highest BCUT2D eigenvalue weighted by Crippen LogP contribution is 2.60. The minimum Gasteiger partial charge on any atom is -0.507 e. The highest BCUT2D eigenvalue weighted by atomic mass is 16.3. The Hall–Kier alpha value is -1.92. The number of hydrogen-bond donors (Lipinski definition) is 3. The van der Waals surface area contributed by atoms with E-state index in [2.05, 4.69) is 18.7 Å². The number of amides is 1. The van der Waals surface area contributed by atoms with E-state index in [1.807, 2.05) is 6.07 Å². The number of ketones is 1. The number of carbonyl (C=O) groups is 2. The molecule has 2 fully saturated rings. The van der Waals surface area contributed by atoms with Crippen molar-refractivity contribution in [2.24, 2.45) is 5.73 Å².